The molecule has 0 unspecified atom stereocenters. The van der Waals surface area contributed by atoms with Gasteiger partial charge in [-0.05, 0) is 16.4 Å². The molecule has 1 aliphatic rings. The van der Waals surface area contributed by atoms with Gasteiger partial charge in [0.05, 0.1) is 12.9 Å². The summed E-state index contributed by atoms with van der Waals surface area (Å²) in [5, 5.41) is 24.1. The highest BCUT2D eigenvalue weighted by Crippen LogP contribution is 2.32. The first kappa shape index (κ1) is 25.3. The predicted molar refractivity (Wildman–Crippen MR) is 142 cm³/mol. The third kappa shape index (κ3) is 4.71. The Bertz CT molecular complexity index is 1360. The number of nitrogens with two attached hydrogens (primary N) is 1. The van der Waals surface area contributed by atoms with Gasteiger partial charge >= 0.3 is 0 Å². The van der Waals surface area contributed by atoms with E-state index in [1.54, 1.807) is 0 Å². The van der Waals surface area contributed by atoms with Crippen LogP contribution in [0.2, 0.25) is 6.04 Å². The molecule has 0 amide bonds. The van der Waals surface area contributed by atoms with E-state index in [2.05, 4.69) is 46.1 Å². The van der Waals surface area contributed by atoms with E-state index < -0.39 is 38.4 Å². The molecule has 10 nitrogen and oxygen atoms in total. The minimum absolute atomic E-state index is 0.0679. The number of nitrogens with zero attached hydrogens (tertiary/aromatic N) is 3. The van der Waals surface area contributed by atoms with Gasteiger partial charge in [0.15, 0.2) is 17.4 Å². The van der Waals surface area contributed by atoms with Gasteiger partial charge in [-0.2, -0.15) is 4.98 Å². The number of rotatable bonds is 9. The predicted octanol–water partition coefficient (Wildman–Crippen LogP) is 0.898. The highest BCUT2D eigenvalue weighted by molar-refractivity contribution is 6.97. The standard InChI is InChI=1S/C26H31N5O5Si/c1-2-3-14-37(17-10-6-4-7-11-17,18-12-8-5-9-13-18)35-15-19-21(32)22(33)25(36-19)31-16-28-20-23(31)29-26(27)30-24(20)34/h4-13,16,19,21-22,25,32-33H,2-3,14-15H2,1H3,(H3,27,29,30,34)/t19-,21-,22-,25-/m1/s1. The number of aliphatic hydroxyl groups is 2. The summed E-state index contributed by atoms with van der Waals surface area (Å²) in [6.07, 6.45) is -0.966. The van der Waals surface area contributed by atoms with E-state index in [0.29, 0.717) is 0 Å². The molecule has 4 aromatic rings. The van der Waals surface area contributed by atoms with E-state index >= 15 is 0 Å². The van der Waals surface area contributed by atoms with Crippen molar-refractivity contribution in [2.45, 2.75) is 50.3 Å². The van der Waals surface area contributed by atoms with Gasteiger partial charge in [0, 0.05) is 0 Å². The number of fused-ring (bicyclic) bond motifs is 1. The van der Waals surface area contributed by atoms with Crippen molar-refractivity contribution >= 4 is 35.8 Å². The van der Waals surface area contributed by atoms with Gasteiger partial charge in [-0.25, -0.2) is 4.98 Å². The van der Waals surface area contributed by atoms with Crippen LogP contribution in [0.25, 0.3) is 11.2 Å². The van der Waals surface area contributed by atoms with E-state index in [1.165, 1.54) is 10.9 Å². The topological polar surface area (TPSA) is 149 Å². The van der Waals surface area contributed by atoms with Crippen molar-refractivity contribution < 1.29 is 19.4 Å². The number of benzene rings is 2. The van der Waals surface area contributed by atoms with Gasteiger partial charge in [-0.3, -0.25) is 14.3 Å². The van der Waals surface area contributed by atoms with E-state index in [9.17, 15) is 15.0 Å². The van der Waals surface area contributed by atoms with E-state index in [-0.39, 0.29) is 23.7 Å². The van der Waals surface area contributed by atoms with Crippen molar-refractivity contribution in [2.75, 3.05) is 12.3 Å². The molecule has 0 spiro atoms. The Kier molecular flexibility index (Phi) is 7.22. The van der Waals surface area contributed by atoms with Crippen molar-refractivity contribution in [3.05, 3.63) is 77.3 Å². The second-order valence-corrected chi connectivity index (χ2v) is 12.9. The molecule has 37 heavy (non-hydrogen) atoms. The zero-order valence-corrected chi connectivity index (χ0v) is 21.5. The van der Waals surface area contributed by atoms with Crippen LogP contribution >= 0.6 is 0 Å². The maximum atomic E-state index is 12.2. The summed E-state index contributed by atoms with van der Waals surface area (Å²) in [5.74, 6) is -0.0791. The van der Waals surface area contributed by atoms with Crippen LogP contribution in [-0.2, 0) is 9.16 Å². The number of ether oxygens (including phenoxy) is 1. The van der Waals surface area contributed by atoms with E-state index in [1.807, 2.05) is 36.4 Å². The zero-order valence-electron chi connectivity index (χ0n) is 20.5. The first-order chi connectivity index (χ1) is 17.9. The van der Waals surface area contributed by atoms with Crippen LogP contribution in [0.5, 0.6) is 0 Å². The third-order valence-corrected chi connectivity index (χ3v) is 11.2. The van der Waals surface area contributed by atoms with Gasteiger partial charge in [-0.15, -0.1) is 0 Å². The van der Waals surface area contributed by atoms with Crippen molar-refractivity contribution in [2.24, 2.45) is 0 Å². The van der Waals surface area contributed by atoms with Crippen LogP contribution in [0.3, 0.4) is 0 Å². The fraction of sp³-hybridized carbons (Fsp3) is 0.346. The van der Waals surface area contributed by atoms with E-state index in [0.717, 1.165) is 29.3 Å². The summed E-state index contributed by atoms with van der Waals surface area (Å²) in [6, 6.07) is 21.3. The Morgan fingerprint density at radius 1 is 1.08 bits per heavy atom. The number of hydrogen-bond acceptors (Lipinski definition) is 8. The van der Waals surface area contributed by atoms with Crippen LogP contribution in [0.15, 0.2) is 71.8 Å². The quantitative estimate of drug-likeness (QED) is 0.237. The number of nitrogen functional groups attached to an aromatic ring is 1. The average molecular weight is 522 g/mol. The number of imidazole rings is 1. The Morgan fingerprint density at radius 2 is 1.73 bits per heavy atom. The second kappa shape index (κ2) is 10.6. The fourth-order valence-electron chi connectivity index (χ4n) is 4.99. The highest BCUT2D eigenvalue weighted by atomic mass is 28.4. The van der Waals surface area contributed by atoms with Crippen LogP contribution in [0.1, 0.15) is 26.0 Å². The van der Waals surface area contributed by atoms with Gasteiger partial charge in [0.2, 0.25) is 5.95 Å². The molecule has 2 aromatic heterocycles. The molecule has 1 aliphatic heterocycles. The van der Waals surface area contributed by atoms with Gasteiger partial charge in [0.25, 0.3) is 13.9 Å². The number of anilines is 1. The minimum Gasteiger partial charge on any atom is -0.405 e. The summed E-state index contributed by atoms with van der Waals surface area (Å²) in [6.45, 7) is 2.23. The zero-order chi connectivity index (χ0) is 26.0. The Hall–Kier alpha value is -3.35. The largest absolute Gasteiger partial charge is 0.405 e. The molecule has 3 heterocycles. The maximum Gasteiger partial charge on any atom is 0.280 e. The molecular weight excluding hydrogens is 490 g/mol. The number of aromatic amines is 1. The molecule has 0 bridgehead atoms. The Balaban J connectivity index is 1.45. The van der Waals surface area contributed by atoms with Crippen LogP contribution in [0, 0.1) is 0 Å². The lowest BCUT2D eigenvalue weighted by Gasteiger charge is -2.34. The monoisotopic (exact) mass is 521 g/mol. The summed E-state index contributed by atoms with van der Waals surface area (Å²) < 4.78 is 14.4. The maximum absolute atomic E-state index is 12.2. The number of H-pyrrole nitrogens is 1. The molecule has 4 atom stereocenters. The number of nitrogens with one attached hydrogen (secondary N) is 1. The second-order valence-electron chi connectivity index (χ2n) is 9.30. The van der Waals surface area contributed by atoms with Crippen LogP contribution in [0.4, 0.5) is 5.95 Å². The van der Waals surface area contributed by atoms with Crippen molar-refractivity contribution in [1.29, 1.82) is 0 Å². The molecular formula is C26H31N5O5Si. The fourth-order valence-corrected chi connectivity index (χ4v) is 9.14. The van der Waals surface area contributed by atoms with E-state index in [4.69, 9.17) is 14.9 Å². The molecule has 0 aliphatic carbocycles. The van der Waals surface area contributed by atoms with Crippen molar-refractivity contribution in [3.8, 4) is 0 Å². The van der Waals surface area contributed by atoms with Crippen LogP contribution < -0.4 is 21.7 Å². The lowest BCUT2D eigenvalue weighted by atomic mass is 10.1. The van der Waals surface area contributed by atoms with Gasteiger partial charge in [-0.1, -0.05) is 80.4 Å². The summed E-state index contributed by atoms with van der Waals surface area (Å²) in [4.78, 5) is 22.8. The molecule has 5 rings (SSSR count). The van der Waals surface area contributed by atoms with Crippen molar-refractivity contribution in [1.82, 2.24) is 19.5 Å². The summed E-state index contributed by atoms with van der Waals surface area (Å²) >= 11 is 0. The first-order valence-electron chi connectivity index (χ1n) is 12.4. The van der Waals surface area contributed by atoms with Crippen molar-refractivity contribution in [3.63, 3.8) is 0 Å². The molecule has 1 saturated heterocycles. The summed E-state index contributed by atoms with van der Waals surface area (Å²) in [5.41, 5.74) is 5.45. The molecule has 5 N–H and O–H groups in total. The van der Waals surface area contributed by atoms with Crippen LogP contribution in [-0.4, -0.2) is 63.0 Å². The number of aromatic nitrogens is 4. The molecule has 11 heteroatoms. The Morgan fingerprint density at radius 3 is 2.35 bits per heavy atom. The smallest absolute Gasteiger partial charge is 0.280 e. The molecule has 0 radical (unpaired) electrons. The van der Waals surface area contributed by atoms with Gasteiger partial charge in [0.1, 0.15) is 18.3 Å². The molecule has 1 fully saturated rings. The van der Waals surface area contributed by atoms with Gasteiger partial charge < -0.3 is 25.1 Å². The molecule has 194 valence electrons. The third-order valence-electron chi connectivity index (χ3n) is 6.92. The molecule has 0 saturated carbocycles. The first-order valence-corrected chi connectivity index (χ1v) is 14.5. The number of unbranched alkanes of at least 4 members (excludes halogenated alkanes) is 1. The number of aliphatic hydroxyl groups excluding tert-OH is 2. The number of hydrogen-bond donors (Lipinski definition) is 4. The Labute approximate surface area is 214 Å². The SMILES string of the molecule is CCCC[Si](OC[C@H]1O[C@@H](n2cnc3c(=O)[nH]c(N)nc32)[C@H](O)[C@@H]1O)(c1ccccc1)c1ccccc1. The summed E-state index contributed by atoms with van der Waals surface area (Å²) in [7, 11) is -2.70. The average Bonchev–Trinajstić information content (AvgIpc) is 3.46. The lowest BCUT2D eigenvalue weighted by Crippen LogP contribution is -2.61. The minimum atomic E-state index is -2.70. The lowest BCUT2D eigenvalue weighted by molar-refractivity contribution is -0.0482. The highest BCUT2D eigenvalue weighted by Gasteiger charge is 2.47. The normalized spacial score (nSPS) is 22.0. The molecule has 2 aromatic carbocycles.